The molecule has 3 N–H and O–H groups in total. The smallest absolute Gasteiger partial charge is 0.242 e. The summed E-state index contributed by atoms with van der Waals surface area (Å²) < 4.78 is 14.1. The van der Waals surface area contributed by atoms with Crippen LogP contribution in [0.25, 0.3) is 0 Å². The zero-order valence-electron chi connectivity index (χ0n) is 11.2. The van der Waals surface area contributed by atoms with Crippen molar-refractivity contribution in [3.63, 3.8) is 0 Å². The zero-order chi connectivity index (χ0) is 13.8. The summed E-state index contributed by atoms with van der Waals surface area (Å²) in [7, 11) is 1.61. The van der Waals surface area contributed by atoms with E-state index in [9.17, 15) is 9.18 Å². The maximum absolute atomic E-state index is 14.1. The highest BCUT2D eigenvalue weighted by Gasteiger charge is 2.29. The molecule has 0 aromatic heterocycles. The van der Waals surface area contributed by atoms with Crippen molar-refractivity contribution in [3.05, 3.63) is 29.6 Å². The quantitative estimate of drug-likeness (QED) is 0.868. The molecule has 1 aromatic rings. The molecular weight excluding hydrogens is 245 g/mol. The number of anilines is 1. The van der Waals surface area contributed by atoms with Crippen LogP contribution in [0.3, 0.4) is 0 Å². The van der Waals surface area contributed by atoms with Crippen LogP contribution in [0.2, 0.25) is 0 Å². The first-order chi connectivity index (χ1) is 9.17. The monoisotopic (exact) mass is 265 g/mol. The summed E-state index contributed by atoms with van der Waals surface area (Å²) in [6.45, 7) is 1.02. The van der Waals surface area contributed by atoms with E-state index in [1.807, 2.05) is 11.0 Å². The summed E-state index contributed by atoms with van der Waals surface area (Å²) in [6.07, 6.45) is 2.74. The van der Waals surface area contributed by atoms with E-state index in [1.165, 1.54) is 6.07 Å². The Hall–Kier alpha value is -1.62. The molecule has 0 radical (unpaired) electrons. The Labute approximate surface area is 112 Å². The number of nitrogens with one attached hydrogen (secondary N) is 1. The molecule has 1 unspecified atom stereocenters. The van der Waals surface area contributed by atoms with Crippen LogP contribution in [0.5, 0.6) is 0 Å². The number of hydrogen-bond acceptors (Lipinski definition) is 3. The third-order valence-corrected chi connectivity index (χ3v) is 3.61. The molecule has 104 valence electrons. The highest BCUT2D eigenvalue weighted by molar-refractivity contribution is 5.85. The van der Waals surface area contributed by atoms with Gasteiger partial charge in [0.25, 0.3) is 0 Å². The summed E-state index contributed by atoms with van der Waals surface area (Å²) in [4.78, 5) is 13.7. The van der Waals surface area contributed by atoms with Crippen molar-refractivity contribution in [2.24, 2.45) is 5.73 Å². The average Bonchev–Trinajstić information content (AvgIpc) is 2.46. The van der Waals surface area contributed by atoms with Crippen molar-refractivity contribution in [3.8, 4) is 0 Å². The maximum Gasteiger partial charge on any atom is 0.242 e. The molecule has 0 aliphatic carbocycles. The Bertz CT molecular complexity index is 464. The van der Waals surface area contributed by atoms with Crippen LogP contribution in [0.15, 0.2) is 18.2 Å². The molecule has 5 heteroatoms. The second-order valence-electron chi connectivity index (χ2n) is 4.81. The number of likely N-dealkylation sites (N-methyl/N-ethyl adjacent to an activating group) is 1. The number of carbonyl (C=O) groups excluding carboxylic acids is 1. The molecule has 0 spiro atoms. The largest absolute Gasteiger partial charge is 0.357 e. The van der Waals surface area contributed by atoms with Crippen LogP contribution in [0, 0.1) is 5.82 Å². The lowest BCUT2D eigenvalue weighted by atomic mass is 10.00. The molecule has 1 aliphatic heterocycles. The van der Waals surface area contributed by atoms with Crippen LogP contribution in [0.4, 0.5) is 10.1 Å². The Morgan fingerprint density at radius 3 is 2.95 bits per heavy atom. The summed E-state index contributed by atoms with van der Waals surface area (Å²) in [6, 6.07) is 4.70. The first kappa shape index (κ1) is 13.8. The molecule has 1 saturated heterocycles. The summed E-state index contributed by atoms with van der Waals surface area (Å²) in [5, 5.41) is 2.65. The number of rotatable bonds is 3. The normalized spacial score (nSPS) is 19.3. The van der Waals surface area contributed by atoms with Crippen LogP contribution >= 0.6 is 0 Å². The van der Waals surface area contributed by atoms with Gasteiger partial charge in [-0.2, -0.15) is 0 Å². The molecule has 1 aromatic carbocycles. The van der Waals surface area contributed by atoms with Crippen LogP contribution < -0.4 is 16.0 Å². The summed E-state index contributed by atoms with van der Waals surface area (Å²) in [5.74, 6) is -0.360. The van der Waals surface area contributed by atoms with Crippen molar-refractivity contribution < 1.29 is 9.18 Å². The number of nitrogens with two attached hydrogens (primary N) is 1. The van der Waals surface area contributed by atoms with Gasteiger partial charge in [0.2, 0.25) is 5.91 Å². The van der Waals surface area contributed by atoms with Crippen molar-refractivity contribution in [1.82, 2.24) is 5.32 Å². The van der Waals surface area contributed by atoms with Crippen molar-refractivity contribution in [2.75, 3.05) is 18.5 Å². The number of benzene rings is 1. The van der Waals surface area contributed by atoms with Gasteiger partial charge in [0.15, 0.2) is 0 Å². The van der Waals surface area contributed by atoms with E-state index in [0.717, 1.165) is 24.8 Å². The van der Waals surface area contributed by atoms with Gasteiger partial charge in [-0.25, -0.2) is 4.39 Å². The maximum atomic E-state index is 14.1. The van der Waals surface area contributed by atoms with Crippen molar-refractivity contribution >= 4 is 11.6 Å². The van der Waals surface area contributed by atoms with E-state index in [4.69, 9.17) is 5.73 Å². The lowest BCUT2D eigenvalue weighted by molar-refractivity contribution is -0.122. The number of hydrogen-bond donors (Lipinski definition) is 2. The van der Waals surface area contributed by atoms with E-state index in [2.05, 4.69) is 5.32 Å². The fraction of sp³-hybridized carbons (Fsp3) is 0.500. The van der Waals surface area contributed by atoms with E-state index in [1.54, 1.807) is 13.1 Å². The third-order valence-electron chi connectivity index (χ3n) is 3.61. The molecule has 1 fully saturated rings. The fourth-order valence-electron chi connectivity index (χ4n) is 2.57. The topological polar surface area (TPSA) is 58.4 Å². The van der Waals surface area contributed by atoms with Crippen LogP contribution in [0.1, 0.15) is 24.8 Å². The Balaban J connectivity index is 2.29. The standard InChI is InChI=1S/C14H20FN3O/c1-17-14(19)13-4-2-3-7-18(13)12-6-5-10(9-16)8-11(12)15/h5-6,8,13H,2-4,7,9,16H2,1H3,(H,17,19). The highest BCUT2D eigenvalue weighted by Crippen LogP contribution is 2.28. The SMILES string of the molecule is CNC(=O)C1CCCCN1c1ccc(CN)cc1F. The predicted octanol–water partition coefficient (Wildman–Crippen LogP) is 1.39. The van der Waals surface area contributed by atoms with E-state index in [-0.39, 0.29) is 17.8 Å². The minimum atomic E-state index is -0.307. The van der Waals surface area contributed by atoms with Crippen molar-refractivity contribution in [2.45, 2.75) is 31.8 Å². The molecule has 1 heterocycles. The summed E-state index contributed by atoms with van der Waals surface area (Å²) in [5.41, 5.74) is 6.75. The predicted molar refractivity (Wildman–Crippen MR) is 73.3 cm³/mol. The molecule has 0 saturated carbocycles. The Kier molecular flexibility index (Phi) is 4.37. The van der Waals surface area contributed by atoms with Crippen LogP contribution in [-0.4, -0.2) is 25.5 Å². The number of piperidine rings is 1. The van der Waals surface area contributed by atoms with E-state index >= 15 is 0 Å². The molecule has 2 rings (SSSR count). The van der Waals surface area contributed by atoms with Gasteiger partial charge in [0.1, 0.15) is 11.9 Å². The Morgan fingerprint density at radius 1 is 1.53 bits per heavy atom. The van der Waals surface area contributed by atoms with Gasteiger partial charge in [-0.3, -0.25) is 4.79 Å². The number of carbonyl (C=O) groups is 1. The van der Waals surface area contributed by atoms with Gasteiger partial charge in [-0.15, -0.1) is 0 Å². The third kappa shape index (κ3) is 2.87. The molecular formula is C14H20FN3O. The van der Waals surface area contributed by atoms with Crippen molar-refractivity contribution in [1.29, 1.82) is 0 Å². The second-order valence-corrected chi connectivity index (χ2v) is 4.81. The number of amides is 1. The average molecular weight is 265 g/mol. The second kappa shape index (κ2) is 6.02. The molecule has 19 heavy (non-hydrogen) atoms. The fourth-order valence-corrected chi connectivity index (χ4v) is 2.57. The molecule has 1 amide bonds. The molecule has 4 nitrogen and oxygen atoms in total. The molecule has 1 atom stereocenters. The zero-order valence-corrected chi connectivity index (χ0v) is 11.2. The van der Waals surface area contributed by atoms with Gasteiger partial charge in [-0.05, 0) is 37.0 Å². The first-order valence-corrected chi connectivity index (χ1v) is 6.64. The van der Waals surface area contributed by atoms with Gasteiger partial charge >= 0.3 is 0 Å². The van der Waals surface area contributed by atoms with Gasteiger partial charge < -0.3 is 16.0 Å². The highest BCUT2D eigenvalue weighted by atomic mass is 19.1. The van der Waals surface area contributed by atoms with Crippen LogP contribution in [-0.2, 0) is 11.3 Å². The first-order valence-electron chi connectivity index (χ1n) is 6.64. The Morgan fingerprint density at radius 2 is 2.32 bits per heavy atom. The van der Waals surface area contributed by atoms with Gasteiger partial charge in [0, 0.05) is 20.1 Å². The minimum absolute atomic E-state index is 0.0537. The number of halogens is 1. The van der Waals surface area contributed by atoms with Gasteiger partial charge in [0.05, 0.1) is 5.69 Å². The molecule has 0 bridgehead atoms. The number of nitrogens with zero attached hydrogens (tertiary/aromatic N) is 1. The van der Waals surface area contributed by atoms with E-state index in [0.29, 0.717) is 18.8 Å². The minimum Gasteiger partial charge on any atom is -0.357 e. The summed E-state index contributed by atoms with van der Waals surface area (Å²) >= 11 is 0. The van der Waals surface area contributed by atoms with Gasteiger partial charge in [-0.1, -0.05) is 6.07 Å². The lowest BCUT2D eigenvalue weighted by Crippen LogP contribution is -2.49. The van der Waals surface area contributed by atoms with E-state index < -0.39 is 0 Å². The lowest BCUT2D eigenvalue weighted by Gasteiger charge is -2.36. The molecule has 1 aliphatic rings.